The lowest BCUT2D eigenvalue weighted by Crippen LogP contribution is -2.33. The molecule has 0 saturated heterocycles. The van der Waals surface area contributed by atoms with E-state index in [2.05, 4.69) is 35.6 Å². The summed E-state index contributed by atoms with van der Waals surface area (Å²) in [7, 11) is 1.68. The van der Waals surface area contributed by atoms with Crippen molar-refractivity contribution in [1.82, 2.24) is 10.5 Å². The number of nitrogens with one attached hydrogen (secondary N) is 1. The zero-order valence-electron chi connectivity index (χ0n) is 16.3. The molecule has 0 radical (unpaired) electrons. The molecular formula is C21H30N2O3. The monoisotopic (exact) mass is 358 g/mol. The Bertz CT molecular complexity index is 726. The highest BCUT2D eigenvalue weighted by Gasteiger charge is 2.28. The SMILES string of the molecule is CCOc1cc(CN[C@@H]2CCC[C@H]2Cc2cc(C)no2)c(C)cc1OC. The van der Waals surface area contributed by atoms with E-state index in [9.17, 15) is 0 Å². The molecule has 5 heteroatoms. The minimum absolute atomic E-state index is 0.512. The van der Waals surface area contributed by atoms with Gasteiger partial charge in [0.15, 0.2) is 11.5 Å². The summed E-state index contributed by atoms with van der Waals surface area (Å²) in [6.45, 7) is 7.56. The fourth-order valence-corrected chi connectivity index (χ4v) is 3.88. The molecule has 1 heterocycles. The summed E-state index contributed by atoms with van der Waals surface area (Å²) >= 11 is 0. The molecule has 0 aliphatic heterocycles. The lowest BCUT2D eigenvalue weighted by Gasteiger charge is -2.21. The molecule has 1 fully saturated rings. The quantitative estimate of drug-likeness (QED) is 0.766. The zero-order valence-corrected chi connectivity index (χ0v) is 16.3. The van der Waals surface area contributed by atoms with Crippen molar-refractivity contribution < 1.29 is 14.0 Å². The second-order valence-electron chi connectivity index (χ2n) is 7.18. The molecule has 1 N–H and O–H groups in total. The Morgan fingerprint density at radius 2 is 2.04 bits per heavy atom. The highest BCUT2D eigenvalue weighted by Crippen LogP contribution is 2.32. The topological polar surface area (TPSA) is 56.5 Å². The van der Waals surface area contributed by atoms with Crippen molar-refractivity contribution in [2.75, 3.05) is 13.7 Å². The molecule has 2 aromatic rings. The molecule has 1 aromatic heterocycles. The minimum Gasteiger partial charge on any atom is -0.493 e. The molecule has 1 aliphatic carbocycles. The Labute approximate surface area is 156 Å². The van der Waals surface area contributed by atoms with Crippen LogP contribution < -0.4 is 14.8 Å². The normalized spacial score (nSPS) is 19.7. The molecule has 0 amide bonds. The van der Waals surface area contributed by atoms with Crippen LogP contribution in [-0.2, 0) is 13.0 Å². The van der Waals surface area contributed by atoms with Crippen LogP contribution in [0.3, 0.4) is 0 Å². The standard InChI is InChI=1S/C21H30N2O3/c1-5-25-21-12-17(14(2)9-20(21)24-4)13-22-19-8-6-7-16(19)11-18-10-15(3)23-26-18/h9-10,12,16,19,22H,5-8,11,13H2,1-4H3/t16-,19+/m0/s1. The maximum Gasteiger partial charge on any atom is 0.161 e. The van der Waals surface area contributed by atoms with E-state index >= 15 is 0 Å². The number of hydrogen-bond donors (Lipinski definition) is 1. The average molecular weight is 358 g/mol. The zero-order chi connectivity index (χ0) is 18.5. The molecule has 1 saturated carbocycles. The lowest BCUT2D eigenvalue weighted by atomic mass is 9.97. The fraction of sp³-hybridized carbons (Fsp3) is 0.571. The average Bonchev–Trinajstić information content (AvgIpc) is 3.24. The van der Waals surface area contributed by atoms with Gasteiger partial charge in [-0.2, -0.15) is 0 Å². The van der Waals surface area contributed by atoms with Gasteiger partial charge in [0, 0.05) is 25.1 Å². The Morgan fingerprint density at radius 1 is 1.19 bits per heavy atom. The van der Waals surface area contributed by atoms with Crippen molar-refractivity contribution in [3.63, 3.8) is 0 Å². The van der Waals surface area contributed by atoms with Crippen LogP contribution in [0, 0.1) is 19.8 Å². The largest absolute Gasteiger partial charge is 0.493 e. The van der Waals surface area contributed by atoms with Crippen molar-refractivity contribution >= 4 is 0 Å². The molecule has 2 atom stereocenters. The molecule has 5 nitrogen and oxygen atoms in total. The summed E-state index contributed by atoms with van der Waals surface area (Å²) < 4.78 is 16.6. The molecule has 1 aliphatic rings. The van der Waals surface area contributed by atoms with E-state index in [1.54, 1.807) is 7.11 Å². The first kappa shape index (κ1) is 18.8. The molecule has 0 spiro atoms. The third-order valence-electron chi connectivity index (χ3n) is 5.28. The Kier molecular flexibility index (Phi) is 6.20. The number of ether oxygens (including phenoxy) is 2. The smallest absolute Gasteiger partial charge is 0.161 e. The van der Waals surface area contributed by atoms with Crippen LogP contribution in [0.5, 0.6) is 11.5 Å². The summed E-state index contributed by atoms with van der Waals surface area (Å²) in [4.78, 5) is 0. The van der Waals surface area contributed by atoms with Crippen LogP contribution in [0.4, 0.5) is 0 Å². The van der Waals surface area contributed by atoms with Crippen molar-refractivity contribution in [1.29, 1.82) is 0 Å². The first-order valence-electron chi connectivity index (χ1n) is 9.56. The van der Waals surface area contributed by atoms with E-state index in [1.165, 1.54) is 30.4 Å². The van der Waals surface area contributed by atoms with Gasteiger partial charge in [0.05, 0.1) is 19.4 Å². The summed E-state index contributed by atoms with van der Waals surface area (Å²) in [5.74, 6) is 3.22. The highest BCUT2D eigenvalue weighted by molar-refractivity contribution is 5.47. The second-order valence-corrected chi connectivity index (χ2v) is 7.18. The van der Waals surface area contributed by atoms with Gasteiger partial charge in [-0.15, -0.1) is 0 Å². The molecule has 1 aromatic carbocycles. The second kappa shape index (κ2) is 8.58. The Morgan fingerprint density at radius 3 is 2.73 bits per heavy atom. The predicted molar refractivity (Wildman–Crippen MR) is 102 cm³/mol. The van der Waals surface area contributed by atoms with Crippen LogP contribution in [0.15, 0.2) is 22.7 Å². The number of hydrogen-bond acceptors (Lipinski definition) is 5. The lowest BCUT2D eigenvalue weighted by molar-refractivity contribution is 0.309. The Balaban J connectivity index is 1.64. The van der Waals surface area contributed by atoms with Gasteiger partial charge in [0.2, 0.25) is 0 Å². The highest BCUT2D eigenvalue weighted by atomic mass is 16.5. The van der Waals surface area contributed by atoms with Gasteiger partial charge in [-0.05, 0) is 62.8 Å². The van der Waals surface area contributed by atoms with Gasteiger partial charge in [-0.25, -0.2) is 0 Å². The van der Waals surface area contributed by atoms with Crippen molar-refractivity contribution in [3.05, 3.63) is 40.8 Å². The molecule has 0 unspecified atom stereocenters. The van der Waals surface area contributed by atoms with Gasteiger partial charge in [0.1, 0.15) is 5.76 Å². The molecule has 142 valence electrons. The maximum atomic E-state index is 5.73. The summed E-state index contributed by atoms with van der Waals surface area (Å²) in [5, 5.41) is 7.78. The van der Waals surface area contributed by atoms with Crippen LogP contribution >= 0.6 is 0 Å². The maximum absolute atomic E-state index is 5.73. The van der Waals surface area contributed by atoms with E-state index in [0.29, 0.717) is 18.6 Å². The Hall–Kier alpha value is -2.01. The van der Waals surface area contributed by atoms with Crippen LogP contribution in [0.1, 0.15) is 48.8 Å². The van der Waals surface area contributed by atoms with E-state index in [4.69, 9.17) is 14.0 Å². The van der Waals surface area contributed by atoms with E-state index in [1.807, 2.05) is 13.8 Å². The minimum atomic E-state index is 0.512. The van der Waals surface area contributed by atoms with Gasteiger partial charge >= 0.3 is 0 Å². The van der Waals surface area contributed by atoms with Gasteiger partial charge in [-0.3, -0.25) is 0 Å². The molecule has 26 heavy (non-hydrogen) atoms. The van der Waals surface area contributed by atoms with Gasteiger partial charge in [-0.1, -0.05) is 11.6 Å². The number of benzene rings is 1. The third kappa shape index (κ3) is 4.39. The van der Waals surface area contributed by atoms with Crippen LogP contribution in [-0.4, -0.2) is 24.9 Å². The van der Waals surface area contributed by atoms with E-state index < -0.39 is 0 Å². The first-order valence-corrected chi connectivity index (χ1v) is 9.56. The summed E-state index contributed by atoms with van der Waals surface area (Å²) in [6, 6.07) is 6.73. The van der Waals surface area contributed by atoms with E-state index in [-0.39, 0.29) is 0 Å². The number of aromatic nitrogens is 1. The summed E-state index contributed by atoms with van der Waals surface area (Å²) in [6.07, 6.45) is 4.68. The van der Waals surface area contributed by atoms with Crippen molar-refractivity contribution in [3.8, 4) is 11.5 Å². The number of nitrogens with zero attached hydrogens (tertiary/aromatic N) is 1. The van der Waals surface area contributed by atoms with Crippen LogP contribution in [0.25, 0.3) is 0 Å². The van der Waals surface area contributed by atoms with Crippen molar-refractivity contribution in [2.24, 2.45) is 5.92 Å². The van der Waals surface area contributed by atoms with Crippen molar-refractivity contribution in [2.45, 2.75) is 59.0 Å². The van der Waals surface area contributed by atoms with Crippen LogP contribution in [0.2, 0.25) is 0 Å². The molecular weight excluding hydrogens is 328 g/mol. The predicted octanol–water partition coefficient (Wildman–Crippen LogP) is 4.20. The van der Waals surface area contributed by atoms with E-state index in [0.717, 1.165) is 35.9 Å². The number of aryl methyl sites for hydroxylation is 2. The van der Waals surface area contributed by atoms with Gasteiger partial charge in [0.25, 0.3) is 0 Å². The first-order chi connectivity index (χ1) is 12.6. The number of methoxy groups -OCH3 is 1. The summed E-state index contributed by atoms with van der Waals surface area (Å²) in [5.41, 5.74) is 3.44. The molecule has 0 bridgehead atoms. The fourth-order valence-electron chi connectivity index (χ4n) is 3.88. The molecule has 3 rings (SSSR count). The third-order valence-corrected chi connectivity index (χ3v) is 5.28. The number of rotatable bonds is 8. The van der Waals surface area contributed by atoms with Gasteiger partial charge < -0.3 is 19.3 Å².